The van der Waals surface area contributed by atoms with Gasteiger partial charge < -0.3 is 28.7 Å². The molecular weight excluding hydrogens is 706 g/mol. The van der Waals surface area contributed by atoms with Gasteiger partial charge in [-0.2, -0.15) is 0 Å². The second kappa shape index (κ2) is 12.1. The summed E-state index contributed by atoms with van der Waals surface area (Å²) >= 11 is 0. The van der Waals surface area contributed by atoms with Crippen LogP contribution in [0, 0.1) is 11.8 Å². The topological polar surface area (TPSA) is 43.4 Å². The Hall–Kier alpha value is -1.26. The molecule has 0 bridgehead atoms. The fourth-order valence-electron chi connectivity index (χ4n) is 16.6. The van der Waals surface area contributed by atoms with Crippen molar-refractivity contribution in [3.8, 4) is 0 Å². The maximum Gasteiger partial charge on any atom is 0.0722 e. The third-order valence-corrected chi connectivity index (χ3v) is 25.9. The Bertz CT molecular complexity index is 1650. The summed E-state index contributed by atoms with van der Waals surface area (Å²) in [4.78, 5) is 6.07. The summed E-state index contributed by atoms with van der Waals surface area (Å²) in [6.07, 6.45) is 21.3. The number of fused-ring (bicyclic) bond motifs is 3. The average molecular weight is 765 g/mol. The van der Waals surface area contributed by atoms with Crippen molar-refractivity contribution in [1.29, 1.82) is 0 Å². The van der Waals surface area contributed by atoms with Crippen LogP contribution >= 0.6 is 15.8 Å². The first-order valence-corrected chi connectivity index (χ1v) is 25.7. The van der Waals surface area contributed by atoms with E-state index in [4.69, 9.17) is 18.9 Å². The number of hydrogen-bond acceptors (Lipinski definition) is 6. The molecule has 12 fully saturated rings. The largest absolute Gasteiger partial charge is 0.373 e. The van der Waals surface area contributed by atoms with E-state index in [2.05, 4.69) is 70.5 Å². The summed E-state index contributed by atoms with van der Waals surface area (Å²) in [5.41, 5.74) is 6.89. The van der Waals surface area contributed by atoms with Crippen molar-refractivity contribution in [3.63, 3.8) is 0 Å². The van der Waals surface area contributed by atoms with Gasteiger partial charge >= 0.3 is 0 Å². The zero-order valence-corrected chi connectivity index (χ0v) is 33.4. The number of hydrogen-bond donors (Lipinski definition) is 0. The van der Waals surface area contributed by atoms with E-state index in [0.717, 1.165) is 0 Å². The Kier molecular flexibility index (Phi) is 7.35. The zero-order valence-electron chi connectivity index (χ0n) is 31.6. The van der Waals surface area contributed by atoms with Gasteiger partial charge in [-0.15, -0.1) is 0 Å². The van der Waals surface area contributed by atoms with Crippen LogP contribution in [0.5, 0.6) is 0 Å². The molecule has 0 aromatic heterocycles. The first-order chi connectivity index (χ1) is 26.8. The molecule has 8 heteroatoms. The van der Waals surface area contributed by atoms with Crippen LogP contribution in [0.2, 0.25) is 0 Å². The molecule has 0 amide bonds. The minimum atomic E-state index is -0.215. The second-order valence-electron chi connectivity index (χ2n) is 19.8. The number of rotatable bonds is 2. The Labute approximate surface area is 324 Å². The summed E-state index contributed by atoms with van der Waals surface area (Å²) in [5, 5.41) is 0. The highest BCUT2D eigenvalue weighted by molar-refractivity contribution is 7.61. The molecule has 6 saturated carbocycles. The van der Waals surface area contributed by atoms with Gasteiger partial charge in [0.2, 0.25) is 0 Å². The lowest BCUT2D eigenvalue weighted by Gasteiger charge is -2.74. The maximum absolute atomic E-state index is 7.91. The minimum Gasteiger partial charge on any atom is -0.373 e. The third-order valence-electron chi connectivity index (χ3n) is 17.8. The number of para-hydroxylation sites is 2. The van der Waals surface area contributed by atoms with Crippen molar-refractivity contribution in [1.82, 2.24) is 0 Å². The Morgan fingerprint density at radius 2 is 0.796 bits per heavy atom. The van der Waals surface area contributed by atoms with Crippen LogP contribution in [0.25, 0.3) is 0 Å². The molecule has 0 spiro atoms. The normalized spacial score (nSPS) is 55.5. The quantitative estimate of drug-likeness (QED) is 0.286. The summed E-state index contributed by atoms with van der Waals surface area (Å²) in [7, 11) is -0.430. The van der Waals surface area contributed by atoms with E-state index in [9.17, 15) is 0 Å². The molecule has 286 valence electrons. The van der Waals surface area contributed by atoms with Gasteiger partial charge in [-0.05, 0) is 120 Å². The standard InChI is InChI=1S/C46H58N2O4P2/c1-3-11-26(12-4-1)47-28-15-7-17-32-41(28)53-43-30(47)23-25-24-31-44-40(38(25)39(43)51-36-21-9-19-34(49-32)45(36)53)52-37-22-10-20-35-46(37)54(44)42-29(16-8-18-33(42)50-35)48(31)27-13-5-2-6-14-27/h1-6,11-14,25,28-46H,7-10,15-24H2. The van der Waals surface area contributed by atoms with Gasteiger partial charge in [-0.25, -0.2) is 0 Å². The summed E-state index contributed by atoms with van der Waals surface area (Å²) in [5.74, 6) is 1.16. The fourth-order valence-corrected chi connectivity index (χ4v) is 26.5. The number of anilines is 2. The fraction of sp³-hybridized carbons (Fsp3) is 0.739. The first-order valence-electron chi connectivity index (χ1n) is 22.6. The highest BCUT2D eigenvalue weighted by Gasteiger charge is 2.73. The molecule has 6 aliphatic heterocycles. The van der Waals surface area contributed by atoms with Gasteiger partial charge in [-0.3, -0.25) is 0 Å². The van der Waals surface area contributed by atoms with E-state index in [1.807, 2.05) is 0 Å². The summed E-state index contributed by atoms with van der Waals surface area (Å²) < 4.78 is 30.4. The molecule has 6 nitrogen and oxygen atoms in total. The van der Waals surface area contributed by atoms with Crippen molar-refractivity contribution in [2.24, 2.45) is 11.8 Å². The van der Waals surface area contributed by atoms with Crippen molar-refractivity contribution in [2.75, 3.05) is 9.80 Å². The third kappa shape index (κ3) is 4.31. The molecule has 6 aliphatic carbocycles. The second-order valence-corrected chi connectivity index (χ2v) is 25.2. The molecule has 0 N–H and O–H groups in total. The molecule has 6 saturated heterocycles. The van der Waals surface area contributed by atoms with Crippen molar-refractivity contribution in [3.05, 3.63) is 60.7 Å². The van der Waals surface area contributed by atoms with E-state index in [1.165, 1.54) is 101 Å². The van der Waals surface area contributed by atoms with E-state index in [-0.39, 0.29) is 15.8 Å². The lowest BCUT2D eigenvalue weighted by atomic mass is 9.62. The van der Waals surface area contributed by atoms with Crippen LogP contribution in [0.4, 0.5) is 11.4 Å². The highest BCUT2D eigenvalue weighted by Crippen LogP contribution is 2.77. The molecular formula is C46H58N2O4P2. The van der Waals surface area contributed by atoms with Crippen molar-refractivity contribution in [2.45, 2.75) is 197 Å². The van der Waals surface area contributed by atoms with Crippen molar-refractivity contribution >= 4 is 27.2 Å². The predicted molar refractivity (Wildman–Crippen MR) is 216 cm³/mol. The molecule has 20 atom stereocenters. The molecule has 6 heterocycles. The lowest BCUT2D eigenvalue weighted by Crippen LogP contribution is -2.79. The molecule has 14 rings (SSSR count). The number of ether oxygens (including phenoxy) is 4. The van der Waals surface area contributed by atoms with Gasteiger partial charge in [0.25, 0.3) is 0 Å². The monoisotopic (exact) mass is 764 g/mol. The van der Waals surface area contributed by atoms with E-state index >= 15 is 0 Å². The molecule has 2 aromatic rings. The highest BCUT2D eigenvalue weighted by atomic mass is 31.1. The van der Waals surface area contributed by atoms with Gasteiger partial charge in [0.15, 0.2) is 0 Å². The molecule has 12 aliphatic rings. The Morgan fingerprint density at radius 1 is 0.407 bits per heavy atom. The molecule has 0 radical (unpaired) electrons. The first kappa shape index (κ1) is 32.7. The average Bonchev–Trinajstić information content (AvgIpc) is 3.21. The Balaban J connectivity index is 0.944. The predicted octanol–water partition coefficient (Wildman–Crippen LogP) is 8.52. The van der Waals surface area contributed by atoms with E-state index in [1.54, 1.807) is 0 Å². The van der Waals surface area contributed by atoms with Crippen LogP contribution in [0.3, 0.4) is 0 Å². The van der Waals surface area contributed by atoms with Gasteiger partial charge in [0.05, 0.1) is 48.8 Å². The van der Waals surface area contributed by atoms with Crippen LogP contribution < -0.4 is 9.80 Å². The summed E-state index contributed by atoms with van der Waals surface area (Å²) in [6, 6.07) is 25.8. The van der Waals surface area contributed by atoms with Crippen molar-refractivity contribution < 1.29 is 18.9 Å². The maximum atomic E-state index is 7.91. The van der Waals surface area contributed by atoms with Gasteiger partial charge in [0, 0.05) is 75.4 Å². The zero-order chi connectivity index (χ0) is 34.8. The smallest absolute Gasteiger partial charge is 0.0722 e. The molecule has 54 heavy (non-hydrogen) atoms. The number of nitrogens with zero attached hydrogens (tertiary/aromatic N) is 2. The summed E-state index contributed by atoms with van der Waals surface area (Å²) in [6.45, 7) is 0. The van der Waals surface area contributed by atoms with Crippen LogP contribution in [-0.4, -0.2) is 107 Å². The molecule has 20 unspecified atom stereocenters. The van der Waals surface area contributed by atoms with Crippen LogP contribution in [0.1, 0.15) is 89.9 Å². The Morgan fingerprint density at radius 3 is 1.24 bits per heavy atom. The van der Waals surface area contributed by atoms with Crippen LogP contribution in [0.15, 0.2) is 60.7 Å². The van der Waals surface area contributed by atoms with Gasteiger partial charge in [0.1, 0.15) is 0 Å². The number of benzene rings is 2. The van der Waals surface area contributed by atoms with E-state index < -0.39 is 0 Å². The van der Waals surface area contributed by atoms with E-state index in [0.29, 0.717) is 119 Å². The van der Waals surface area contributed by atoms with Gasteiger partial charge in [-0.1, -0.05) is 52.2 Å². The van der Waals surface area contributed by atoms with Crippen LogP contribution in [-0.2, 0) is 18.9 Å². The molecule has 2 aromatic carbocycles. The lowest BCUT2D eigenvalue weighted by molar-refractivity contribution is -0.198. The SMILES string of the molecule is c1ccc(N2C3CCCC4OC5CCCC6OC7C8C(CC2C7P(C56)C43)CC2C3C8OC4CCCC5OC6CCCC(C6P3C54)N2c2ccccc2)cc1. The minimum absolute atomic E-state index is 0.215.